The van der Waals surface area contributed by atoms with Gasteiger partial charge in [0.05, 0.1) is 5.75 Å². The van der Waals surface area contributed by atoms with Crippen molar-refractivity contribution in [1.29, 1.82) is 0 Å². The summed E-state index contributed by atoms with van der Waals surface area (Å²) in [5.41, 5.74) is 0.930. The number of aromatic nitrogens is 3. The highest BCUT2D eigenvalue weighted by atomic mass is 35.5. The quantitative estimate of drug-likeness (QED) is 0.740. The van der Waals surface area contributed by atoms with Gasteiger partial charge < -0.3 is 9.88 Å². The molecular formula is C19H25ClN4OS. The minimum atomic E-state index is 0.0729. The van der Waals surface area contributed by atoms with Gasteiger partial charge in [-0.1, -0.05) is 55.3 Å². The van der Waals surface area contributed by atoms with Gasteiger partial charge >= 0.3 is 0 Å². The summed E-state index contributed by atoms with van der Waals surface area (Å²) in [5, 5.41) is 13.2. The Labute approximate surface area is 163 Å². The van der Waals surface area contributed by atoms with E-state index in [-0.39, 0.29) is 5.91 Å². The lowest BCUT2D eigenvalue weighted by atomic mass is 9.86. The van der Waals surface area contributed by atoms with Crippen LogP contribution >= 0.6 is 23.4 Å². The number of nitrogens with one attached hydrogen (secondary N) is 1. The van der Waals surface area contributed by atoms with Crippen molar-refractivity contribution in [2.45, 2.75) is 57.3 Å². The van der Waals surface area contributed by atoms with Crippen LogP contribution in [-0.4, -0.2) is 32.5 Å². The fourth-order valence-electron chi connectivity index (χ4n) is 3.43. The van der Waals surface area contributed by atoms with Gasteiger partial charge in [0.2, 0.25) is 5.91 Å². The van der Waals surface area contributed by atoms with E-state index in [2.05, 4.69) is 22.4 Å². The van der Waals surface area contributed by atoms with Crippen LogP contribution < -0.4 is 5.32 Å². The fraction of sp³-hybridized carbons (Fsp3) is 0.526. The second kappa shape index (κ2) is 8.91. The summed E-state index contributed by atoms with van der Waals surface area (Å²) in [6.07, 6.45) is 4.76. The van der Waals surface area contributed by atoms with Crippen LogP contribution in [0.3, 0.4) is 0 Å². The number of carbonyl (C=O) groups is 1. The molecule has 1 fully saturated rings. The molecule has 1 aromatic carbocycles. The van der Waals surface area contributed by atoms with Crippen molar-refractivity contribution >= 4 is 29.3 Å². The molecule has 0 unspecified atom stereocenters. The molecule has 0 aliphatic heterocycles. The van der Waals surface area contributed by atoms with Crippen LogP contribution in [0.4, 0.5) is 0 Å². The normalized spacial score (nSPS) is 20.1. The molecule has 7 heteroatoms. The van der Waals surface area contributed by atoms with Gasteiger partial charge in [0.25, 0.3) is 0 Å². The average molecular weight is 393 g/mol. The number of amides is 1. The van der Waals surface area contributed by atoms with E-state index in [0.717, 1.165) is 29.5 Å². The van der Waals surface area contributed by atoms with Crippen molar-refractivity contribution in [3.8, 4) is 11.4 Å². The number of benzene rings is 1. The second-order valence-corrected chi connectivity index (χ2v) is 8.16. The summed E-state index contributed by atoms with van der Waals surface area (Å²) >= 11 is 7.52. The standard InChI is InChI=1S/C19H25ClN4OS/c1-3-24-18(14-8-6-9-15(20)11-14)22-23-19(24)26-12-17(25)21-16-10-5-4-7-13(16)2/h6,8-9,11,13,16H,3-5,7,10,12H2,1-2H3,(H,21,25)/t13-,16+/m1/s1. The van der Waals surface area contributed by atoms with E-state index >= 15 is 0 Å². The average Bonchev–Trinajstić information content (AvgIpc) is 3.05. The van der Waals surface area contributed by atoms with E-state index in [9.17, 15) is 4.79 Å². The molecule has 5 nitrogen and oxygen atoms in total. The predicted molar refractivity (Wildman–Crippen MR) is 106 cm³/mol. The van der Waals surface area contributed by atoms with Crippen molar-refractivity contribution in [3.63, 3.8) is 0 Å². The second-order valence-electron chi connectivity index (χ2n) is 6.79. The Balaban J connectivity index is 1.64. The van der Waals surface area contributed by atoms with E-state index in [1.54, 1.807) is 0 Å². The molecule has 0 saturated heterocycles. The molecule has 1 saturated carbocycles. The highest BCUT2D eigenvalue weighted by molar-refractivity contribution is 7.99. The summed E-state index contributed by atoms with van der Waals surface area (Å²) in [6, 6.07) is 7.89. The first-order chi connectivity index (χ1) is 12.6. The molecule has 140 valence electrons. The predicted octanol–water partition coefficient (Wildman–Crippen LogP) is 4.41. The first-order valence-electron chi connectivity index (χ1n) is 9.19. The Hall–Kier alpha value is -1.53. The molecule has 26 heavy (non-hydrogen) atoms. The number of hydrogen-bond donors (Lipinski definition) is 1. The molecule has 0 spiro atoms. The number of nitrogens with zero attached hydrogens (tertiary/aromatic N) is 3. The summed E-state index contributed by atoms with van der Waals surface area (Å²) in [6.45, 7) is 5.01. The number of carbonyl (C=O) groups excluding carboxylic acids is 1. The molecule has 1 heterocycles. The third kappa shape index (κ3) is 4.60. The van der Waals surface area contributed by atoms with Gasteiger partial charge in [-0.15, -0.1) is 10.2 Å². The molecule has 2 aromatic rings. The smallest absolute Gasteiger partial charge is 0.230 e. The Bertz CT molecular complexity index is 764. The van der Waals surface area contributed by atoms with Crippen molar-refractivity contribution < 1.29 is 4.79 Å². The van der Waals surface area contributed by atoms with Crippen LogP contribution in [0.25, 0.3) is 11.4 Å². The van der Waals surface area contributed by atoms with E-state index in [0.29, 0.717) is 22.7 Å². The Kier molecular flexibility index (Phi) is 6.59. The van der Waals surface area contributed by atoms with Crippen molar-refractivity contribution in [1.82, 2.24) is 20.1 Å². The maximum Gasteiger partial charge on any atom is 0.230 e. The zero-order valence-corrected chi connectivity index (χ0v) is 16.8. The minimum absolute atomic E-state index is 0.0729. The van der Waals surface area contributed by atoms with Crippen LogP contribution in [-0.2, 0) is 11.3 Å². The van der Waals surface area contributed by atoms with Gasteiger partial charge in [0, 0.05) is 23.2 Å². The van der Waals surface area contributed by atoms with Gasteiger partial charge in [0.1, 0.15) is 0 Å². The molecule has 0 bridgehead atoms. The summed E-state index contributed by atoms with van der Waals surface area (Å²) < 4.78 is 2.02. The highest BCUT2D eigenvalue weighted by Gasteiger charge is 2.23. The van der Waals surface area contributed by atoms with E-state index in [1.807, 2.05) is 35.8 Å². The SMILES string of the molecule is CCn1c(SCC(=O)N[C@H]2CCCC[C@H]2C)nnc1-c1cccc(Cl)c1. The molecule has 1 amide bonds. The topological polar surface area (TPSA) is 59.8 Å². The third-order valence-corrected chi connectivity index (χ3v) is 6.11. The van der Waals surface area contributed by atoms with Crippen LogP contribution in [0, 0.1) is 5.92 Å². The monoisotopic (exact) mass is 392 g/mol. The van der Waals surface area contributed by atoms with Gasteiger partial charge in [-0.3, -0.25) is 4.79 Å². The molecule has 3 rings (SSSR count). The minimum Gasteiger partial charge on any atom is -0.352 e. The van der Waals surface area contributed by atoms with Crippen LogP contribution in [0.15, 0.2) is 29.4 Å². The summed E-state index contributed by atoms with van der Waals surface area (Å²) in [7, 11) is 0. The Morgan fingerprint density at radius 2 is 2.15 bits per heavy atom. The Morgan fingerprint density at radius 3 is 2.88 bits per heavy atom. The molecular weight excluding hydrogens is 368 g/mol. The molecule has 1 aromatic heterocycles. The number of rotatable bonds is 6. The highest BCUT2D eigenvalue weighted by Crippen LogP contribution is 2.26. The zero-order chi connectivity index (χ0) is 18.5. The van der Waals surface area contributed by atoms with Gasteiger partial charge in [-0.25, -0.2) is 0 Å². The molecule has 1 aliphatic carbocycles. The fourth-order valence-corrected chi connectivity index (χ4v) is 4.43. The maximum atomic E-state index is 12.3. The number of halogens is 1. The summed E-state index contributed by atoms with van der Waals surface area (Å²) in [5.74, 6) is 1.77. The Morgan fingerprint density at radius 1 is 1.35 bits per heavy atom. The molecule has 1 aliphatic rings. The lowest BCUT2D eigenvalue weighted by Crippen LogP contribution is -2.41. The lowest BCUT2D eigenvalue weighted by Gasteiger charge is -2.29. The van der Waals surface area contributed by atoms with E-state index in [1.165, 1.54) is 31.0 Å². The third-order valence-electron chi connectivity index (χ3n) is 4.91. The van der Waals surface area contributed by atoms with Crippen LogP contribution in [0.2, 0.25) is 5.02 Å². The van der Waals surface area contributed by atoms with E-state index in [4.69, 9.17) is 11.6 Å². The number of thioether (sulfide) groups is 1. The molecule has 2 atom stereocenters. The molecule has 1 N–H and O–H groups in total. The first-order valence-corrected chi connectivity index (χ1v) is 10.6. The maximum absolute atomic E-state index is 12.3. The summed E-state index contributed by atoms with van der Waals surface area (Å²) in [4.78, 5) is 12.3. The van der Waals surface area contributed by atoms with Crippen molar-refractivity contribution in [2.24, 2.45) is 5.92 Å². The molecule has 0 radical (unpaired) electrons. The number of hydrogen-bond acceptors (Lipinski definition) is 4. The zero-order valence-electron chi connectivity index (χ0n) is 15.2. The van der Waals surface area contributed by atoms with Crippen LogP contribution in [0.1, 0.15) is 39.5 Å². The van der Waals surface area contributed by atoms with Crippen LogP contribution in [0.5, 0.6) is 0 Å². The lowest BCUT2D eigenvalue weighted by molar-refractivity contribution is -0.119. The first kappa shape index (κ1) is 19.2. The van der Waals surface area contributed by atoms with Gasteiger partial charge in [-0.05, 0) is 37.8 Å². The van der Waals surface area contributed by atoms with E-state index < -0.39 is 0 Å². The van der Waals surface area contributed by atoms with Crippen molar-refractivity contribution in [3.05, 3.63) is 29.3 Å². The van der Waals surface area contributed by atoms with Gasteiger partial charge in [-0.2, -0.15) is 0 Å². The largest absolute Gasteiger partial charge is 0.352 e. The van der Waals surface area contributed by atoms with Crippen molar-refractivity contribution in [2.75, 3.05) is 5.75 Å². The van der Waals surface area contributed by atoms with Gasteiger partial charge in [0.15, 0.2) is 11.0 Å².